The van der Waals surface area contributed by atoms with Crippen molar-refractivity contribution in [1.82, 2.24) is 15.3 Å². The highest BCUT2D eigenvalue weighted by molar-refractivity contribution is 8.14. The Morgan fingerprint density at radius 1 is 1.69 bits per heavy atom. The third-order valence-electron chi connectivity index (χ3n) is 1.93. The number of hydrogen-bond acceptors (Lipinski definition) is 3. The van der Waals surface area contributed by atoms with Crippen LogP contribution in [0.15, 0.2) is 11.3 Å². The number of amidine groups is 1. The van der Waals surface area contributed by atoms with Gasteiger partial charge >= 0.3 is 0 Å². The third kappa shape index (κ3) is 2.03. The largest absolute Gasteiger partial charge is 0.364 e. The average Bonchev–Trinajstić information content (AvgIpc) is 2.72. The summed E-state index contributed by atoms with van der Waals surface area (Å²) >= 11 is 1.77. The van der Waals surface area contributed by atoms with Crippen molar-refractivity contribution in [2.45, 2.75) is 13.5 Å². The molecule has 0 radical (unpaired) electrons. The van der Waals surface area contributed by atoms with Crippen molar-refractivity contribution in [1.29, 1.82) is 0 Å². The van der Waals surface area contributed by atoms with E-state index in [4.69, 9.17) is 0 Å². The summed E-state index contributed by atoms with van der Waals surface area (Å²) in [5.41, 5.74) is 2.13. The van der Waals surface area contributed by atoms with Crippen LogP contribution in [0.5, 0.6) is 0 Å². The zero-order valence-corrected chi connectivity index (χ0v) is 8.32. The van der Waals surface area contributed by atoms with Crippen LogP contribution in [-0.2, 0) is 6.54 Å². The topological polar surface area (TPSA) is 53.1 Å². The van der Waals surface area contributed by atoms with Crippen molar-refractivity contribution in [2.24, 2.45) is 4.99 Å². The summed E-state index contributed by atoms with van der Waals surface area (Å²) in [6.07, 6.45) is 1.71. The molecular formula is C8H12N4S. The number of aryl methyl sites for hydroxylation is 1. The summed E-state index contributed by atoms with van der Waals surface area (Å²) in [5, 5.41) is 4.27. The molecule has 1 aromatic heterocycles. The van der Waals surface area contributed by atoms with Crippen LogP contribution in [0.2, 0.25) is 0 Å². The Morgan fingerprint density at radius 2 is 2.62 bits per heavy atom. The van der Waals surface area contributed by atoms with Gasteiger partial charge in [-0.25, -0.2) is 4.98 Å². The van der Waals surface area contributed by atoms with Crippen LogP contribution in [0.1, 0.15) is 11.4 Å². The normalized spacial score (nSPS) is 19.3. The maximum Gasteiger partial charge on any atom is 0.157 e. The fraction of sp³-hybridized carbons (Fsp3) is 0.500. The molecule has 1 saturated heterocycles. The molecule has 70 valence electrons. The number of hydrogen-bond donors (Lipinski definition) is 2. The Kier molecular flexibility index (Phi) is 2.54. The predicted octanol–water partition coefficient (Wildman–Crippen LogP) is 0.911. The summed E-state index contributed by atoms with van der Waals surface area (Å²) < 4.78 is 0. The number of rotatable bonds is 2. The minimum absolute atomic E-state index is 0.696. The summed E-state index contributed by atoms with van der Waals surface area (Å²) in [5.74, 6) is 1.13. The molecule has 0 unspecified atom stereocenters. The maximum absolute atomic E-state index is 4.42. The molecule has 0 spiro atoms. The number of aliphatic imine (C=N–C) groups is 1. The van der Waals surface area contributed by atoms with Crippen molar-refractivity contribution in [3.8, 4) is 0 Å². The standard InChI is InChI=1S/C8H12N4S/c1-6-7(12-5-11-6)4-10-8-9-2-3-13-8/h5H,2-4H2,1H3,(H,9,10)(H,11,12). The van der Waals surface area contributed by atoms with Crippen molar-refractivity contribution in [2.75, 3.05) is 12.3 Å². The van der Waals surface area contributed by atoms with Crippen LogP contribution in [0.25, 0.3) is 0 Å². The zero-order valence-electron chi connectivity index (χ0n) is 7.50. The van der Waals surface area contributed by atoms with Crippen LogP contribution in [-0.4, -0.2) is 27.4 Å². The molecule has 0 aromatic carbocycles. The molecule has 1 aliphatic heterocycles. The molecule has 1 aromatic rings. The molecule has 0 aliphatic carbocycles. The molecule has 13 heavy (non-hydrogen) atoms. The van der Waals surface area contributed by atoms with E-state index in [1.807, 2.05) is 6.92 Å². The number of nitrogens with zero attached hydrogens (tertiary/aromatic N) is 2. The lowest BCUT2D eigenvalue weighted by atomic mass is 10.3. The number of H-pyrrole nitrogens is 1. The fourth-order valence-electron chi connectivity index (χ4n) is 1.16. The zero-order chi connectivity index (χ0) is 9.10. The first-order valence-corrected chi connectivity index (χ1v) is 5.25. The van der Waals surface area contributed by atoms with E-state index in [1.165, 1.54) is 0 Å². The summed E-state index contributed by atoms with van der Waals surface area (Å²) in [6, 6.07) is 0. The van der Waals surface area contributed by atoms with Gasteiger partial charge in [0.1, 0.15) is 0 Å². The van der Waals surface area contributed by atoms with Crippen LogP contribution < -0.4 is 5.32 Å². The summed E-state index contributed by atoms with van der Waals surface area (Å²) in [7, 11) is 0. The second kappa shape index (κ2) is 3.83. The van der Waals surface area contributed by atoms with Gasteiger partial charge in [0.15, 0.2) is 5.17 Å². The van der Waals surface area contributed by atoms with Gasteiger partial charge in [-0.2, -0.15) is 0 Å². The molecule has 5 heteroatoms. The molecule has 0 saturated carbocycles. The minimum atomic E-state index is 0.696. The van der Waals surface area contributed by atoms with E-state index in [-0.39, 0.29) is 0 Å². The van der Waals surface area contributed by atoms with Gasteiger partial charge in [-0.1, -0.05) is 11.8 Å². The van der Waals surface area contributed by atoms with Crippen LogP contribution in [0, 0.1) is 6.92 Å². The van der Waals surface area contributed by atoms with Gasteiger partial charge < -0.3 is 10.3 Å². The lowest BCUT2D eigenvalue weighted by Gasteiger charge is -1.96. The second-order valence-corrected chi connectivity index (χ2v) is 3.95. The first-order valence-electron chi connectivity index (χ1n) is 4.26. The highest BCUT2D eigenvalue weighted by Gasteiger charge is 2.07. The molecule has 4 nitrogen and oxygen atoms in total. The smallest absolute Gasteiger partial charge is 0.157 e. The van der Waals surface area contributed by atoms with E-state index in [9.17, 15) is 0 Å². The highest BCUT2D eigenvalue weighted by atomic mass is 32.2. The van der Waals surface area contributed by atoms with Crippen molar-refractivity contribution < 1.29 is 0 Å². The Hall–Kier alpha value is -0.970. The number of imidazole rings is 1. The quantitative estimate of drug-likeness (QED) is 0.739. The lowest BCUT2D eigenvalue weighted by molar-refractivity contribution is 0.957. The first kappa shape index (κ1) is 8.62. The van der Waals surface area contributed by atoms with Gasteiger partial charge in [0.25, 0.3) is 0 Å². The molecule has 1 fully saturated rings. The Balaban J connectivity index is 1.99. The number of aromatic amines is 1. The SMILES string of the molecule is Cc1nc[nH]c1CN=C1NCCS1. The molecule has 0 atom stereocenters. The van der Waals surface area contributed by atoms with Gasteiger partial charge in [-0.05, 0) is 6.92 Å². The maximum atomic E-state index is 4.42. The predicted molar refractivity (Wildman–Crippen MR) is 54.9 cm³/mol. The van der Waals surface area contributed by atoms with Crippen LogP contribution in [0.3, 0.4) is 0 Å². The van der Waals surface area contributed by atoms with Gasteiger partial charge in [-0.15, -0.1) is 0 Å². The van der Waals surface area contributed by atoms with E-state index in [0.29, 0.717) is 6.54 Å². The van der Waals surface area contributed by atoms with Gasteiger partial charge in [0.2, 0.25) is 0 Å². The first-order chi connectivity index (χ1) is 6.36. The Bertz CT molecular complexity index is 310. The Morgan fingerprint density at radius 3 is 3.23 bits per heavy atom. The van der Waals surface area contributed by atoms with E-state index in [0.717, 1.165) is 28.9 Å². The monoisotopic (exact) mass is 196 g/mol. The van der Waals surface area contributed by atoms with Gasteiger partial charge in [0.05, 0.1) is 24.3 Å². The Labute approximate surface area is 81.2 Å². The summed E-state index contributed by atoms with van der Waals surface area (Å²) in [4.78, 5) is 11.6. The minimum Gasteiger partial charge on any atom is -0.364 e. The molecule has 2 heterocycles. The summed E-state index contributed by atoms with van der Waals surface area (Å²) in [6.45, 7) is 3.72. The van der Waals surface area contributed by atoms with E-state index >= 15 is 0 Å². The molecule has 1 aliphatic rings. The molecule has 0 amide bonds. The molecule has 2 N–H and O–H groups in total. The number of nitrogens with one attached hydrogen (secondary N) is 2. The van der Waals surface area contributed by atoms with Gasteiger partial charge in [0, 0.05) is 12.3 Å². The number of thioether (sulfide) groups is 1. The molecular weight excluding hydrogens is 184 g/mol. The highest BCUT2D eigenvalue weighted by Crippen LogP contribution is 2.09. The number of aromatic nitrogens is 2. The van der Waals surface area contributed by atoms with Crippen LogP contribution >= 0.6 is 11.8 Å². The lowest BCUT2D eigenvalue weighted by Crippen LogP contribution is -2.13. The van der Waals surface area contributed by atoms with Crippen molar-refractivity contribution >= 4 is 16.9 Å². The average molecular weight is 196 g/mol. The second-order valence-electron chi connectivity index (χ2n) is 2.86. The fourth-order valence-corrected chi connectivity index (χ4v) is 1.92. The van der Waals surface area contributed by atoms with Crippen molar-refractivity contribution in [3.63, 3.8) is 0 Å². The van der Waals surface area contributed by atoms with Gasteiger partial charge in [-0.3, -0.25) is 4.99 Å². The van der Waals surface area contributed by atoms with E-state index in [1.54, 1.807) is 18.1 Å². The van der Waals surface area contributed by atoms with Crippen molar-refractivity contribution in [3.05, 3.63) is 17.7 Å². The third-order valence-corrected chi connectivity index (χ3v) is 2.89. The van der Waals surface area contributed by atoms with E-state index < -0.39 is 0 Å². The molecule has 2 rings (SSSR count). The van der Waals surface area contributed by atoms with E-state index in [2.05, 4.69) is 20.3 Å². The van der Waals surface area contributed by atoms with Crippen LogP contribution in [0.4, 0.5) is 0 Å². The molecule has 0 bridgehead atoms.